The Kier molecular flexibility index (Phi) is 6.75. The maximum absolute atomic E-state index is 12.2. The summed E-state index contributed by atoms with van der Waals surface area (Å²) in [4.78, 5) is 12.2. The van der Waals surface area contributed by atoms with E-state index in [0.717, 1.165) is 0 Å². The Balaban J connectivity index is 2.04. The number of carbonyl (C=O) groups excluding carboxylic acids is 1. The zero-order valence-electron chi connectivity index (χ0n) is 13.8. The van der Waals surface area contributed by atoms with Gasteiger partial charge in [0.1, 0.15) is 11.5 Å². The number of ether oxygens (including phenoxy) is 2. The number of hydrogen-bond acceptors (Lipinski definition) is 4. The molecule has 0 aliphatic heterocycles. The first-order chi connectivity index (χ1) is 11.6. The molecule has 0 aliphatic carbocycles. The standard InChI is InChI=1S/C18H21ClN2O3/c1-3-23-13-9-10-17(24-4-2)16(11-13)21-18(22)12-20-15-8-6-5-7-14(15)19/h5-11,20H,3-4,12H2,1-2H3,(H,21,22). The van der Waals surface area contributed by atoms with Gasteiger partial charge in [-0.05, 0) is 38.1 Å². The lowest BCUT2D eigenvalue weighted by Gasteiger charge is -2.14. The average molecular weight is 349 g/mol. The molecule has 24 heavy (non-hydrogen) atoms. The van der Waals surface area contributed by atoms with Crippen molar-refractivity contribution < 1.29 is 14.3 Å². The number of amides is 1. The van der Waals surface area contributed by atoms with E-state index >= 15 is 0 Å². The van der Waals surface area contributed by atoms with E-state index in [4.69, 9.17) is 21.1 Å². The van der Waals surface area contributed by atoms with Crippen molar-refractivity contribution in [3.63, 3.8) is 0 Å². The topological polar surface area (TPSA) is 59.6 Å². The summed E-state index contributed by atoms with van der Waals surface area (Å²) >= 11 is 6.06. The van der Waals surface area contributed by atoms with Gasteiger partial charge in [-0.1, -0.05) is 23.7 Å². The van der Waals surface area contributed by atoms with Crippen LogP contribution in [-0.2, 0) is 4.79 Å². The molecule has 0 heterocycles. The van der Waals surface area contributed by atoms with E-state index < -0.39 is 0 Å². The summed E-state index contributed by atoms with van der Waals surface area (Å²) < 4.78 is 11.0. The highest BCUT2D eigenvalue weighted by Gasteiger charge is 2.10. The number of rotatable bonds is 8. The molecule has 0 aromatic heterocycles. The van der Waals surface area contributed by atoms with E-state index in [2.05, 4.69) is 10.6 Å². The molecule has 0 bridgehead atoms. The lowest BCUT2D eigenvalue weighted by atomic mass is 10.2. The first kappa shape index (κ1) is 17.9. The molecule has 2 aromatic carbocycles. The molecule has 0 saturated carbocycles. The predicted molar refractivity (Wildman–Crippen MR) is 97.4 cm³/mol. The van der Waals surface area contributed by atoms with Crippen LogP contribution in [0, 0.1) is 0 Å². The third-order valence-corrected chi connectivity index (χ3v) is 3.48. The Hall–Kier alpha value is -2.40. The van der Waals surface area contributed by atoms with Gasteiger partial charge in [-0.25, -0.2) is 0 Å². The van der Waals surface area contributed by atoms with Crippen LogP contribution in [-0.4, -0.2) is 25.7 Å². The number of para-hydroxylation sites is 1. The van der Waals surface area contributed by atoms with Crippen molar-refractivity contribution in [2.24, 2.45) is 0 Å². The van der Waals surface area contributed by atoms with Crippen molar-refractivity contribution in [2.75, 3.05) is 30.4 Å². The zero-order valence-corrected chi connectivity index (χ0v) is 14.5. The van der Waals surface area contributed by atoms with Crippen LogP contribution >= 0.6 is 11.6 Å². The first-order valence-corrected chi connectivity index (χ1v) is 8.19. The SMILES string of the molecule is CCOc1ccc(OCC)c(NC(=O)CNc2ccccc2Cl)c1. The molecule has 1 amide bonds. The van der Waals surface area contributed by atoms with Crippen molar-refractivity contribution in [3.05, 3.63) is 47.5 Å². The Morgan fingerprint density at radius 2 is 1.79 bits per heavy atom. The summed E-state index contributed by atoms with van der Waals surface area (Å²) in [7, 11) is 0. The maximum Gasteiger partial charge on any atom is 0.243 e. The predicted octanol–water partition coefficient (Wildman–Crippen LogP) is 4.19. The molecular weight excluding hydrogens is 328 g/mol. The maximum atomic E-state index is 12.2. The van der Waals surface area contributed by atoms with Crippen LogP contribution in [0.2, 0.25) is 5.02 Å². The molecule has 0 atom stereocenters. The summed E-state index contributed by atoms with van der Waals surface area (Å²) in [5.74, 6) is 1.08. The molecule has 2 rings (SSSR count). The largest absolute Gasteiger partial charge is 0.494 e. The number of hydrogen-bond donors (Lipinski definition) is 2. The van der Waals surface area contributed by atoms with E-state index in [0.29, 0.717) is 41.1 Å². The van der Waals surface area contributed by atoms with Crippen LogP contribution in [0.1, 0.15) is 13.8 Å². The van der Waals surface area contributed by atoms with Gasteiger partial charge in [-0.2, -0.15) is 0 Å². The number of carbonyl (C=O) groups is 1. The van der Waals surface area contributed by atoms with Crippen molar-refractivity contribution in [3.8, 4) is 11.5 Å². The molecule has 0 radical (unpaired) electrons. The van der Waals surface area contributed by atoms with Gasteiger partial charge in [0.2, 0.25) is 5.91 Å². The Labute approximate surface area is 146 Å². The monoisotopic (exact) mass is 348 g/mol. The average Bonchev–Trinajstić information content (AvgIpc) is 2.57. The summed E-state index contributed by atoms with van der Waals surface area (Å²) in [6.45, 7) is 4.95. The van der Waals surface area contributed by atoms with E-state index in [9.17, 15) is 4.79 Å². The van der Waals surface area contributed by atoms with Crippen molar-refractivity contribution in [1.82, 2.24) is 0 Å². The first-order valence-electron chi connectivity index (χ1n) is 7.82. The van der Waals surface area contributed by atoms with E-state index in [1.165, 1.54) is 0 Å². The second kappa shape index (κ2) is 9.03. The van der Waals surface area contributed by atoms with Gasteiger partial charge in [-0.3, -0.25) is 4.79 Å². The Morgan fingerprint density at radius 3 is 2.50 bits per heavy atom. The minimum Gasteiger partial charge on any atom is -0.494 e. The van der Waals surface area contributed by atoms with Crippen LogP contribution in [0.3, 0.4) is 0 Å². The fourth-order valence-electron chi connectivity index (χ4n) is 2.12. The molecule has 0 spiro atoms. The normalized spacial score (nSPS) is 10.1. The Morgan fingerprint density at radius 1 is 1.04 bits per heavy atom. The molecule has 6 heteroatoms. The van der Waals surface area contributed by atoms with Gasteiger partial charge >= 0.3 is 0 Å². The Bertz CT molecular complexity index is 692. The fraction of sp³-hybridized carbons (Fsp3) is 0.278. The lowest BCUT2D eigenvalue weighted by Crippen LogP contribution is -2.22. The van der Waals surface area contributed by atoms with Crippen molar-refractivity contribution >= 4 is 28.9 Å². The highest BCUT2D eigenvalue weighted by Crippen LogP contribution is 2.29. The van der Waals surface area contributed by atoms with Crippen LogP contribution in [0.25, 0.3) is 0 Å². The highest BCUT2D eigenvalue weighted by molar-refractivity contribution is 6.33. The minimum absolute atomic E-state index is 0.0914. The highest BCUT2D eigenvalue weighted by atomic mass is 35.5. The number of nitrogens with one attached hydrogen (secondary N) is 2. The fourth-order valence-corrected chi connectivity index (χ4v) is 2.32. The van der Waals surface area contributed by atoms with Crippen LogP contribution < -0.4 is 20.1 Å². The van der Waals surface area contributed by atoms with Gasteiger partial charge in [0.25, 0.3) is 0 Å². The van der Waals surface area contributed by atoms with Gasteiger partial charge in [0.05, 0.1) is 36.2 Å². The van der Waals surface area contributed by atoms with Crippen molar-refractivity contribution in [2.45, 2.75) is 13.8 Å². The van der Waals surface area contributed by atoms with Crippen LogP contribution in [0.5, 0.6) is 11.5 Å². The summed E-state index contributed by atoms with van der Waals surface area (Å²) in [5, 5.41) is 6.41. The van der Waals surface area contributed by atoms with Gasteiger partial charge in [0.15, 0.2) is 0 Å². The van der Waals surface area contributed by atoms with Crippen LogP contribution in [0.4, 0.5) is 11.4 Å². The van der Waals surface area contributed by atoms with Gasteiger partial charge in [-0.15, -0.1) is 0 Å². The molecule has 2 N–H and O–H groups in total. The second-order valence-electron chi connectivity index (χ2n) is 4.91. The third kappa shape index (κ3) is 5.06. The summed E-state index contributed by atoms with van der Waals surface area (Å²) in [6, 6.07) is 12.6. The lowest BCUT2D eigenvalue weighted by molar-refractivity contribution is -0.114. The molecule has 128 valence electrons. The number of anilines is 2. The molecule has 0 saturated heterocycles. The van der Waals surface area contributed by atoms with E-state index in [1.54, 1.807) is 18.2 Å². The van der Waals surface area contributed by atoms with Crippen molar-refractivity contribution in [1.29, 1.82) is 0 Å². The zero-order chi connectivity index (χ0) is 17.4. The minimum atomic E-state index is -0.204. The van der Waals surface area contributed by atoms with Crippen LogP contribution in [0.15, 0.2) is 42.5 Å². The molecule has 0 fully saturated rings. The molecule has 2 aromatic rings. The summed E-state index contributed by atoms with van der Waals surface area (Å²) in [6.07, 6.45) is 0. The number of halogens is 1. The molecule has 0 unspecified atom stereocenters. The van der Waals surface area contributed by atoms with Gasteiger partial charge < -0.3 is 20.1 Å². The quantitative estimate of drug-likeness (QED) is 0.751. The number of benzene rings is 2. The second-order valence-corrected chi connectivity index (χ2v) is 5.31. The third-order valence-electron chi connectivity index (χ3n) is 3.15. The summed E-state index contributed by atoms with van der Waals surface area (Å²) in [5.41, 5.74) is 1.29. The van der Waals surface area contributed by atoms with E-state index in [-0.39, 0.29) is 12.5 Å². The smallest absolute Gasteiger partial charge is 0.243 e. The van der Waals surface area contributed by atoms with Gasteiger partial charge in [0, 0.05) is 6.07 Å². The molecular formula is C18H21ClN2O3. The molecule has 0 aliphatic rings. The molecule has 5 nitrogen and oxygen atoms in total. The van der Waals surface area contributed by atoms with E-state index in [1.807, 2.05) is 38.1 Å².